The number of hydrogen-bond donors (Lipinski definition) is 4. The Hall–Kier alpha value is 1.07. The van der Waals surface area contributed by atoms with Crippen LogP contribution in [-0.2, 0) is 4.57 Å². The van der Waals surface area contributed by atoms with Crippen molar-refractivity contribution in [3.05, 3.63) is 0 Å². The zero-order valence-corrected chi connectivity index (χ0v) is 5.71. The molecule has 7 heteroatoms. The predicted molar refractivity (Wildman–Crippen MR) is 38.5 cm³/mol. The summed E-state index contributed by atoms with van der Waals surface area (Å²) in [5, 5.41) is 7.96. The van der Waals surface area contributed by atoms with E-state index in [-0.39, 0.29) is 48.7 Å². The van der Waals surface area contributed by atoms with Gasteiger partial charge in [-0.2, -0.15) is 0 Å². The summed E-state index contributed by atoms with van der Waals surface area (Å²) in [6.45, 7) is 0.213. The Morgan fingerprint density at radius 3 is 2.20 bits per heavy atom. The first-order valence-electron chi connectivity index (χ1n) is 2.48. The molecule has 0 saturated heterocycles. The van der Waals surface area contributed by atoms with E-state index in [1.807, 2.05) is 0 Å². The monoisotopic (exact) mass is 179 g/mol. The van der Waals surface area contributed by atoms with Crippen molar-refractivity contribution in [1.82, 2.24) is 5.48 Å². The predicted octanol–water partition coefficient (Wildman–Crippen LogP) is -1.12. The standard InChI is InChI=1S/C3H10NO4P.Na.H/c5-4-2-1-3-9(6,7)8;;/h4-5H,1-3H2,(H2,6,7,8);;. The van der Waals surface area contributed by atoms with E-state index in [4.69, 9.17) is 15.0 Å². The van der Waals surface area contributed by atoms with Gasteiger partial charge in [0.05, 0.1) is 6.16 Å². The molecule has 0 spiro atoms. The zero-order valence-electron chi connectivity index (χ0n) is 4.82. The molecule has 5 nitrogen and oxygen atoms in total. The molecule has 0 fully saturated rings. The molecule has 0 aromatic rings. The number of hydrogen-bond acceptors (Lipinski definition) is 3. The molecule has 58 valence electrons. The van der Waals surface area contributed by atoms with E-state index in [0.29, 0.717) is 0 Å². The van der Waals surface area contributed by atoms with E-state index in [0.717, 1.165) is 0 Å². The van der Waals surface area contributed by atoms with Gasteiger partial charge in [0.15, 0.2) is 0 Å². The van der Waals surface area contributed by atoms with Gasteiger partial charge in [-0.15, -0.1) is 0 Å². The Labute approximate surface area is 81.2 Å². The number of nitrogens with one attached hydrogen (secondary N) is 1. The Balaban J connectivity index is 0. The minimum absolute atomic E-state index is 0. The molecule has 0 radical (unpaired) electrons. The van der Waals surface area contributed by atoms with Gasteiger partial charge < -0.3 is 15.0 Å². The van der Waals surface area contributed by atoms with Gasteiger partial charge in [-0.05, 0) is 6.42 Å². The normalized spacial score (nSPS) is 10.7. The van der Waals surface area contributed by atoms with Crippen LogP contribution in [0, 0.1) is 0 Å². The van der Waals surface area contributed by atoms with Crippen LogP contribution in [0.25, 0.3) is 0 Å². The first kappa shape index (κ1) is 13.6. The van der Waals surface area contributed by atoms with Crippen LogP contribution in [0.3, 0.4) is 0 Å². The van der Waals surface area contributed by atoms with E-state index in [1.165, 1.54) is 0 Å². The van der Waals surface area contributed by atoms with Crippen LogP contribution in [0.2, 0.25) is 0 Å². The molecule has 0 amide bonds. The summed E-state index contributed by atoms with van der Waals surface area (Å²) in [6, 6.07) is 0. The van der Waals surface area contributed by atoms with Crippen molar-refractivity contribution < 1.29 is 19.6 Å². The van der Waals surface area contributed by atoms with Crippen molar-refractivity contribution in [1.29, 1.82) is 0 Å². The molecule has 4 N–H and O–H groups in total. The van der Waals surface area contributed by atoms with Gasteiger partial charge in [0.25, 0.3) is 0 Å². The van der Waals surface area contributed by atoms with Crippen LogP contribution in [0.5, 0.6) is 0 Å². The van der Waals surface area contributed by atoms with Gasteiger partial charge >= 0.3 is 37.2 Å². The maximum atomic E-state index is 10.1. The van der Waals surface area contributed by atoms with Gasteiger partial charge in [0.2, 0.25) is 0 Å². The average Bonchev–Trinajstić information content (AvgIpc) is 1.63. The molecular formula is C3H11NNaO4P. The molecule has 0 bridgehead atoms. The minimum atomic E-state index is -3.85. The van der Waals surface area contributed by atoms with Crippen LogP contribution in [0.4, 0.5) is 0 Å². The van der Waals surface area contributed by atoms with E-state index < -0.39 is 7.60 Å². The summed E-state index contributed by atoms with van der Waals surface area (Å²) < 4.78 is 10.1. The van der Waals surface area contributed by atoms with Crippen molar-refractivity contribution in [2.75, 3.05) is 12.7 Å². The van der Waals surface area contributed by atoms with Crippen LogP contribution in [0.15, 0.2) is 0 Å². The topological polar surface area (TPSA) is 89.8 Å². The summed E-state index contributed by atoms with van der Waals surface area (Å²) in [7, 11) is -3.85. The Kier molecular flexibility index (Phi) is 9.22. The fourth-order valence-electron chi connectivity index (χ4n) is 0.364. The molecule has 0 aliphatic heterocycles. The van der Waals surface area contributed by atoms with Crippen molar-refractivity contribution in [3.8, 4) is 0 Å². The van der Waals surface area contributed by atoms with Gasteiger partial charge in [-0.3, -0.25) is 4.57 Å². The Bertz CT molecular complexity index is 115. The fourth-order valence-corrected chi connectivity index (χ4v) is 0.934. The molecule has 0 aliphatic rings. The summed E-state index contributed by atoms with van der Waals surface area (Å²) in [5.41, 5.74) is 1.80. The summed E-state index contributed by atoms with van der Waals surface area (Å²) in [6.07, 6.45) is 0.0985. The molecule has 0 aliphatic carbocycles. The van der Waals surface area contributed by atoms with Crippen molar-refractivity contribution in [2.45, 2.75) is 6.42 Å². The van der Waals surface area contributed by atoms with Gasteiger partial charge in [-0.25, -0.2) is 5.48 Å². The molecule has 0 unspecified atom stereocenters. The van der Waals surface area contributed by atoms with Crippen LogP contribution >= 0.6 is 7.60 Å². The van der Waals surface area contributed by atoms with Gasteiger partial charge in [0.1, 0.15) is 0 Å². The summed E-state index contributed by atoms with van der Waals surface area (Å²) in [5.74, 6) is 0. The number of rotatable bonds is 4. The molecule has 0 heterocycles. The quantitative estimate of drug-likeness (QED) is 0.190. The summed E-state index contributed by atoms with van der Waals surface area (Å²) in [4.78, 5) is 16.5. The maximum absolute atomic E-state index is 10.1. The summed E-state index contributed by atoms with van der Waals surface area (Å²) >= 11 is 0. The van der Waals surface area contributed by atoms with Crippen molar-refractivity contribution in [3.63, 3.8) is 0 Å². The second-order valence-electron chi connectivity index (χ2n) is 1.65. The van der Waals surface area contributed by atoms with E-state index in [1.54, 1.807) is 5.48 Å². The molecule has 0 aromatic carbocycles. The number of hydroxylamine groups is 1. The zero-order chi connectivity index (χ0) is 7.33. The van der Waals surface area contributed by atoms with E-state index >= 15 is 0 Å². The first-order valence-corrected chi connectivity index (χ1v) is 4.27. The van der Waals surface area contributed by atoms with Crippen molar-refractivity contribution in [2.24, 2.45) is 0 Å². The van der Waals surface area contributed by atoms with Crippen molar-refractivity contribution >= 4 is 37.2 Å². The molecule has 0 aromatic heterocycles. The van der Waals surface area contributed by atoms with Crippen LogP contribution < -0.4 is 5.48 Å². The molecule has 10 heavy (non-hydrogen) atoms. The SMILES string of the molecule is O=P(O)(O)CCCNO.[NaH]. The third kappa shape index (κ3) is 11.8. The molecule has 0 atom stereocenters. The van der Waals surface area contributed by atoms with Gasteiger partial charge in [0, 0.05) is 6.54 Å². The van der Waals surface area contributed by atoms with E-state index in [2.05, 4.69) is 0 Å². The van der Waals surface area contributed by atoms with Gasteiger partial charge in [-0.1, -0.05) is 0 Å². The fraction of sp³-hybridized carbons (Fsp3) is 1.00. The second-order valence-corrected chi connectivity index (χ2v) is 3.43. The molecule has 0 rings (SSSR count). The molecule has 0 saturated carbocycles. The molecular weight excluding hydrogens is 168 g/mol. The Morgan fingerprint density at radius 2 is 1.90 bits per heavy atom. The first-order chi connectivity index (χ1) is 4.06. The van der Waals surface area contributed by atoms with Crippen LogP contribution in [0.1, 0.15) is 6.42 Å². The van der Waals surface area contributed by atoms with E-state index in [9.17, 15) is 4.57 Å². The second kappa shape index (κ2) is 6.76. The average molecular weight is 179 g/mol. The van der Waals surface area contributed by atoms with Crippen LogP contribution in [-0.4, -0.2) is 57.3 Å². The Morgan fingerprint density at radius 1 is 1.40 bits per heavy atom. The third-order valence-corrected chi connectivity index (χ3v) is 1.64. The third-order valence-electron chi connectivity index (χ3n) is 0.738.